The summed E-state index contributed by atoms with van der Waals surface area (Å²) in [6.45, 7) is 4.29. The van der Waals surface area contributed by atoms with E-state index in [0.29, 0.717) is 18.5 Å². The Kier molecular flexibility index (Phi) is 3.26. The molecule has 1 amide bonds. The molecule has 15 heavy (non-hydrogen) atoms. The average molecular weight is 211 g/mol. The SMILES string of the molecule is CC[C@H](N)C(=O)NC1CCN2CCCC12. The number of carbonyl (C=O) groups is 1. The van der Waals surface area contributed by atoms with E-state index in [0.717, 1.165) is 13.0 Å². The van der Waals surface area contributed by atoms with E-state index in [1.165, 1.54) is 19.4 Å². The van der Waals surface area contributed by atoms with E-state index >= 15 is 0 Å². The molecule has 2 unspecified atom stereocenters. The van der Waals surface area contributed by atoms with Gasteiger partial charge in [0.15, 0.2) is 0 Å². The fourth-order valence-corrected chi connectivity index (χ4v) is 2.73. The Bertz CT molecular complexity index is 244. The van der Waals surface area contributed by atoms with E-state index in [-0.39, 0.29) is 11.9 Å². The van der Waals surface area contributed by atoms with Crippen molar-refractivity contribution in [3.8, 4) is 0 Å². The molecular formula is C11H21N3O. The molecule has 2 heterocycles. The van der Waals surface area contributed by atoms with Gasteiger partial charge in [0, 0.05) is 18.6 Å². The molecule has 0 bridgehead atoms. The number of nitrogens with zero attached hydrogens (tertiary/aromatic N) is 1. The van der Waals surface area contributed by atoms with Crippen LogP contribution in [0.5, 0.6) is 0 Å². The van der Waals surface area contributed by atoms with Crippen molar-refractivity contribution in [3.63, 3.8) is 0 Å². The molecule has 3 atom stereocenters. The van der Waals surface area contributed by atoms with E-state index in [4.69, 9.17) is 5.73 Å². The summed E-state index contributed by atoms with van der Waals surface area (Å²) >= 11 is 0. The molecule has 2 saturated heterocycles. The molecule has 2 aliphatic heterocycles. The summed E-state index contributed by atoms with van der Waals surface area (Å²) < 4.78 is 0. The van der Waals surface area contributed by atoms with E-state index in [9.17, 15) is 4.79 Å². The summed E-state index contributed by atoms with van der Waals surface area (Å²) in [5.74, 6) is 0.0243. The van der Waals surface area contributed by atoms with Crippen LogP contribution in [0.15, 0.2) is 0 Å². The van der Waals surface area contributed by atoms with Crippen molar-refractivity contribution >= 4 is 5.91 Å². The molecule has 0 spiro atoms. The number of nitrogens with two attached hydrogens (primary N) is 1. The van der Waals surface area contributed by atoms with Crippen molar-refractivity contribution in [1.29, 1.82) is 0 Å². The Morgan fingerprint density at radius 2 is 2.33 bits per heavy atom. The zero-order chi connectivity index (χ0) is 10.8. The van der Waals surface area contributed by atoms with Crippen molar-refractivity contribution in [2.45, 2.75) is 50.7 Å². The lowest BCUT2D eigenvalue weighted by Gasteiger charge is -2.22. The first-order chi connectivity index (χ1) is 7.22. The monoisotopic (exact) mass is 211 g/mol. The van der Waals surface area contributed by atoms with Gasteiger partial charge < -0.3 is 11.1 Å². The van der Waals surface area contributed by atoms with Gasteiger partial charge in [-0.05, 0) is 32.2 Å². The molecule has 3 N–H and O–H groups in total. The fourth-order valence-electron chi connectivity index (χ4n) is 2.73. The van der Waals surface area contributed by atoms with Crippen LogP contribution in [0.25, 0.3) is 0 Å². The normalized spacial score (nSPS) is 32.7. The molecule has 0 aromatic heterocycles. The highest BCUT2D eigenvalue weighted by Crippen LogP contribution is 2.27. The Morgan fingerprint density at radius 1 is 1.53 bits per heavy atom. The van der Waals surface area contributed by atoms with Gasteiger partial charge in [0.05, 0.1) is 6.04 Å². The van der Waals surface area contributed by atoms with Crippen molar-refractivity contribution in [1.82, 2.24) is 10.2 Å². The van der Waals surface area contributed by atoms with E-state index < -0.39 is 0 Å². The minimum atomic E-state index is -0.333. The van der Waals surface area contributed by atoms with Crippen LogP contribution in [0, 0.1) is 0 Å². The topological polar surface area (TPSA) is 58.4 Å². The van der Waals surface area contributed by atoms with Crippen LogP contribution in [0.4, 0.5) is 0 Å². The summed E-state index contributed by atoms with van der Waals surface area (Å²) in [4.78, 5) is 14.2. The van der Waals surface area contributed by atoms with E-state index in [1.54, 1.807) is 0 Å². The Balaban J connectivity index is 1.87. The van der Waals surface area contributed by atoms with Gasteiger partial charge in [-0.2, -0.15) is 0 Å². The number of fused-ring (bicyclic) bond motifs is 1. The molecule has 0 aromatic rings. The summed E-state index contributed by atoms with van der Waals surface area (Å²) in [7, 11) is 0. The minimum absolute atomic E-state index is 0.0243. The van der Waals surface area contributed by atoms with Crippen LogP contribution < -0.4 is 11.1 Å². The van der Waals surface area contributed by atoms with Gasteiger partial charge in [0.1, 0.15) is 0 Å². The summed E-state index contributed by atoms with van der Waals surface area (Å²) in [5.41, 5.74) is 5.71. The maximum atomic E-state index is 11.7. The molecule has 0 aromatic carbocycles. The number of hydrogen-bond donors (Lipinski definition) is 2. The molecule has 86 valence electrons. The minimum Gasteiger partial charge on any atom is -0.350 e. The zero-order valence-electron chi connectivity index (χ0n) is 9.41. The van der Waals surface area contributed by atoms with Gasteiger partial charge in [0.25, 0.3) is 0 Å². The number of hydrogen-bond acceptors (Lipinski definition) is 3. The second-order valence-corrected chi connectivity index (χ2v) is 4.66. The quantitative estimate of drug-likeness (QED) is 0.695. The van der Waals surface area contributed by atoms with Gasteiger partial charge in [0.2, 0.25) is 5.91 Å². The molecule has 4 heteroatoms. The van der Waals surface area contributed by atoms with E-state index in [1.807, 2.05) is 6.92 Å². The van der Waals surface area contributed by atoms with Gasteiger partial charge in [-0.3, -0.25) is 9.69 Å². The smallest absolute Gasteiger partial charge is 0.237 e. The molecule has 2 rings (SSSR count). The molecule has 4 nitrogen and oxygen atoms in total. The maximum absolute atomic E-state index is 11.7. The van der Waals surface area contributed by atoms with Gasteiger partial charge >= 0.3 is 0 Å². The molecular weight excluding hydrogens is 190 g/mol. The zero-order valence-corrected chi connectivity index (χ0v) is 9.41. The van der Waals surface area contributed by atoms with Crippen molar-refractivity contribution in [3.05, 3.63) is 0 Å². The van der Waals surface area contributed by atoms with Crippen LogP contribution in [-0.2, 0) is 4.79 Å². The average Bonchev–Trinajstić information content (AvgIpc) is 2.81. The standard InChI is InChI=1S/C11H21N3O/c1-2-8(12)11(15)13-9-5-7-14-6-3-4-10(9)14/h8-10H,2-7,12H2,1H3,(H,13,15)/t8-,9?,10?/m0/s1. The first-order valence-corrected chi connectivity index (χ1v) is 6.02. The van der Waals surface area contributed by atoms with Crippen molar-refractivity contribution in [2.75, 3.05) is 13.1 Å². The summed E-state index contributed by atoms with van der Waals surface area (Å²) in [6, 6.07) is 0.594. The van der Waals surface area contributed by atoms with Crippen LogP contribution in [0.2, 0.25) is 0 Å². The third-order valence-corrected chi connectivity index (χ3v) is 3.71. The number of rotatable bonds is 3. The van der Waals surface area contributed by atoms with Crippen LogP contribution in [0.3, 0.4) is 0 Å². The largest absolute Gasteiger partial charge is 0.350 e. The van der Waals surface area contributed by atoms with E-state index in [2.05, 4.69) is 10.2 Å². The van der Waals surface area contributed by atoms with Crippen molar-refractivity contribution in [2.24, 2.45) is 5.73 Å². The second kappa shape index (κ2) is 4.49. The predicted molar refractivity (Wildman–Crippen MR) is 59.4 cm³/mol. The van der Waals surface area contributed by atoms with Gasteiger partial charge in [-0.1, -0.05) is 6.92 Å². The van der Waals surface area contributed by atoms with Gasteiger partial charge in [-0.25, -0.2) is 0 Å². The second-order valence-electron chi connectivity index (χ2n) is 4.66. The lowest BCUT2D eigenvalue weighted by molar-refractivity contribution is -0.123. The summed E-state index contributed by atoms with van der Waals surface area (Å²) in [6.07, 6.45) is 4.31. The number of nitrogens with one attached hydrogen (secondary N) is 1. The first kappa shape index (κ1) is 10.9. The summed E-state index contributed by atoms with van der Waals surface area (Å²) in [5, 5.41) is 3.10. The maximum Gasteiger partial charge on any atom is 0.237 e. The Labute approximate surface area is 91.2 Å². The van der Waals surface area contributed by atoms with Gasteiger partial charge in [-0.15, -0.1) is 0 Å². The number of amides is 1. The number of carbonyl (C=O) groups excluding carboxylic acids is 1. The Morgan fingerprint density at radius 3 is 3.07 bits per heavy atom. The highest BCUT2D eigenvalue weighted by molar-refractivity contribution is 5.81. The fraction of sp³-hybridized carbons (Fsp3) is 0.909. The highest BCUT2D eigenvalue weighted by Gasteiger charge is 2.38. The van der Waals surface area contributed by atoms with Crippen LogP contribution in [-0.4, -0.2) is 42.0 Å². The molecule has 0 radical (unpaired) electrons. The predicted octanol–water partition coefficient (Wildman–Crippen LogP) is 0.0766. The van der Waals surface area contributed by atoms with Crippen LogP contribution >= 0.6 is 0 Å². The lowest BCUT2D eigenvalue weighted by Crippen LogP contribution is -2.48. The first-order valence-electron chi connectivity index (χ1n) is 6.02. The molecule has 2 fully saturated rings. The lowest BCUT2D eigenvalue weighted by atomic mass is 10.1. The third-order valence-electron chi connectivity index (χ3n) is 3.71. The molecule has 2 aliphatic rings. The highest BCUT2D eigenvalue weighted by atomic mass is 16.2. The molecule has 0 saturated carbocycles. The Hall–Kier alpha value is -0.610. The van der Waals surface area contributed by atoms with Crippen molar-refractivity contribution < 1.29 is 4.79 Å². The molecule has 0 aliphatic carbocycles. The van der Waals surface area contributed by atoms with Crippen LogP contribution in [0.1, 0.15) is 32.6 Å². The third kappa shape index (κ3) is 2.16.